The molecule has 0 saturated heterocycles. The van der Waals surface area contributed by atoms with Crippen LogP contribution in [0.4, 0.5) is 11.4 Å². The van der Waals surface area contributed by atoms with E-state index >= 15 is 0 Å². The van der Waals surface area contributed by atoms with E-state index in [9.17, 15) is 10.1 Å². The van der Waals surface area contributed by atoms with E-state index in [-0.39, 0.29) is 5.69 Å². The van der Waals surface area contributed by atoms with E-state index < -0.39 is 4.92 Å². The monoisotopic (exact) mass is 274 g/mol. The Kier molecular flexibility index (Phi) is 6.15. The molecule has 4 nitrogen and oxygen atoms in total. The summed E-state index contributed by atoms with van der Waals surface area (Å²) in [5, 5.41) is 14.3. The van der Waals surface area contributed by atoms with Gasteiger partial charge in [0, 0.05) is 17.6 Å². The largest absolute Gasteiger partial charge is 0.379 e. The van der Waals surface area contributed by atoms with Crippen LogP contribution in [0.1, 0.15) is 12.8 Å². The molecule has 1 aromatic rings. The highest BCUT2D eigenvalue weighted by atomic mass is 35.5. The molecule has 1 rings (SSSR count). The summed E-state index contributed by atoms with van der Waals surface area (Å²) in [7, 11) is 0. The molecule has 1 N–H and O–H groups in total. The average Bonchev–Trinajstić information content (AvgIpc) is 2.28. The van der Waals surface area contributed by atoms with Gasteiger partial charge in [-0.2, -0.15) is 11.8 Å². The lowest BCUT2D eigenvalue weighted by Gasteiger charge is -2.07. The maximum absolute atomic E-state index is 10.8. The fourth-order valence-electron chi connectivity index (χ4n) is 1.40. The number of nitro benzene ring substituents is 1. The summed E-state index contributed by atoms with van der Waals surface area (Å²) in [6.07, 6.45) is 4.16. The Morgan fingerprint density at radius 1 is 1.47 bits per heavy atom. The van der Waals surface area contributed by atoms with Crippen molar-refractivity contribution in [2.24, 2.45) is 0 Å². The predicted octanol–water partition coefficient (Wildman–Crippen LogP) is 3.80. The second-order valence-corrected chi connectivity index (χ2v) is 4.97. The highest BCUT2D eigenvalue weighted by Gasteiger charge is 2.12. The van der Waals surface area contributed by atoms with Gasteiger partial charge in [0.05, 0.1) is 4.92 Å². The Hall–Kier alpha value is -0.940. The number of thioether (sulfide) groups is 1. The van der Waals surface area contributed by atoms with E-state index in [2.05, 4.69) is 11.6 Å². The van der Waals surface area contributed by atoms with Crippen molar-refractivity contribution < 1.29 is 4.92 Å². The second-order valence-electron chi connectivity index (χ2n) is 3.55. The maximum Gasteiger partial charge on any atom is 0.292 e. The number of unbranched alkanes of at least 4 members (excludes halogenated alkanes) is 1. The number of nitrogens with one attached hydrogen (secondary N) is 1. The molecule has 1 aromatic carbocycles. The first-order valence-electron chi connectivity index (χ1n) is 5.32. The van der Waals surface area contributed by atoms with Gasteiger partial charge in [0.2, 0.25) is 0 Å². The van der Waals surface area contributed by atoms with Crippen molar-refractivity contribution in [3.05, 3.63) is 33.3 Å². The van der Waals surface area contributed by atoms with Crippen molar-refractivity contribution in [1.82, 2.24) is 0 Å². The van der Waals surface area contributed by atoms with Gasteiger partial charge in [0.1, 0.15) is 5.69 Å². The fourth-order valence-corrected chi connectivity index (χ4v) is 2.07. The van der Waals surface area contributed by atoms with Crippen LogP contribution >= 0.6 is 23.4 Å². The third-order valence-electron chi connectivity index (χ3n) is 2.25. The lowest BCUT2D eigenvalue weighted by Crippen LogP contribution is -2.04. The van der Waals surface area contributed by atoms with Gasteiger partial charge in [-0.15, -0.1) is 0 Å². The van der Waals surface area contributed by atoms with Crippen molar-refractivity contribution in [3.8, 4) is 0 Å². The molecule has 0 atom stereocenters. The molecule has 0 fully saturated rings. The molecule has 0 aliphatic carbocycles. The first-order valence-corrected chi connectivity index (χ1v) is 7.09. The molecule has 0 radical (unpaired) electrons. The number of rotatable bonds is 7. The van der Waals surface area contributed by atoms with Crippen molar-refractivity contribution in [2.45, 2.75) is 12.8 Å². The molecular formula is C11H15ClN2O2S. The summed E-state index contributed by atoms with van der Waals surface area (Å²) in [6.45, 7) is 0.724. The zero-order chi connectivity index (χ0) is 12.7. The second kappa shape index (κ2) is 7.40. The standard InChI is InChI=1S/C11H15ClN2O2S/c1-17-7-3-2-6-13-10-8-9(12)4-5-11(10)14(15)16/h4-5,8,13H,2-3,6-7H2,1H3. The zero-order valence-electron chi connectivity index (χ0n) is 9.61. The number of hydrogen-bond acceptors (Lipinski definition) is 4. The molecule has 17 heavy (non-hydrogen) atoms. The third kappa shape index (κ3) is 4.83. The van der Waals surface area contributed by atoms with Gasteiger partial charge < -0.3 is 5.32 Å². The molecule has 0 aliphatic heterocycles. The molecule has 0 spiro atoms. The van der Waals surface area contributed by atoms with Crippen LogP contribution in [0.15, 0.2) is 18.2 Å². The van der Waals surface area contributed by atoms with Gasteiger partial charge in [0.15, 0.2) is 0 Å². The first kappa shape index (κ1) is 14.1. The number of hydrogen-bond donors (Lipinski definition) is 1. The minimum absolute atomic E-state index is 0.0688. The smallest absolute Gasteiger partial charge is 0.292 e. The Morgan fingerprint density at radius 2 is 2.24 bits per heavy atom. The Balaban J connectivity index is 2.56. The van der Waals surface area contributed by atoms with Gasteiger partial charge in [0.25, 0.3) is 5.69 Å². The summed E-state index contributed by atoms with van der Waals surface area (Å²) in [4.78, 5) is 10.4. The van der Waals surface area contributed by atoms with E-state index in [1.165, 1.54) is 12.1 Å². The minimum atomic E-state index is -0.402. The zero-order valence-corrected chi connectivity index (χ0v) is 11.2. The van der Waals surface area contributed by atoms with E-state index in [0.29, 0.717) is 10.7 Å². The maximum atomic E-state index is 10.8. The topological polar surface area (TPSA) is 55.2 Å². The first-order chi connectivity index (χ1) is 8.15. The summed E-state index contributed by atoms with van der Waals surface area (Å²) in [6, 6.07) is 4.54. The number of halogens is 1. The van der Waals surface area contributed by atoms with Crippen LogP contribution in [0.5, 0.6) is 0 Å². The van der Waals surface area contributed by atoms with Crippen LogP contribution in [0.3, 0.4) is 0 Å². The molecule has 0 aliphatic rings. The SMILES string of the molecule is CSCCCCNc1cc(Cl)ccc1[N+](=O)[O-]. The molecule has 0 heterocycles. The summed E-state index contributed by atoms with van der Waals surface area (Å²) < 4.78 is 0. The Bertz CT molecular complexity index is 388. The Labute approximate surface area is 110 Å². The highest BCUT2D eigenvalue weighted by Crippen LogP contribution is 2.27. The van der Waals surface area contributed by atoms with Crippen molar-refractivity contribution in [1.29, 1.82) is 0 Å². The van der Waals surface area contributed by atoms with E-state index in [1.54, 1.807) is 17.8 Å². The van der Waals surface area contributed by atoms with E-state index in [4.69, 9.17) is 11.6 Å². The van der Waals surface area contributed by atoms with Gasteiger partial charge in [-0.1, -0.05) is 11.6 Å². The van der Waals surface area contributed by atoms with Crippen LogP contribution in [0, 0.1) is 10.1 Å². The fraction of sp³-hybridized carbons (Fsp3) is 0.455. The molecule has 0 amide bonds. The lowest BCUT2D eigenvalue weighted by molar-refractivity contribution is -0.384. The molecule has 6 heteroatoms. The number of benzene rings is 1. The van der Waals surface area contributed by atoms with Crippen molar-refractivity contribution in [3.63, 3.8) is 0 Å². The summed E-state index contributed by atoms with van der Waals surface area (Å²) in [5.41, 5.74) is 0.561. The summed E-state index contributed by atoms with van der Waals surface area (Å²) in [5.74, 6) is 1.11. The van der Waals surface area contributed by atoms with E-state index in [1.807, 2.05) is 0 Å². The molecular weight excluding hydrogens is 260 g/mol. The lowest BCUT2D eigenvalue weighted by atomic mass is 10.2. The average molecular weight is 275 g/mol. The van der Waals surface area contributed by atoms with Gasteiger partial charge in [-0.05, 0) is 37.0 Å². The van der Waals surface area contributed by atoms with E-state index in [0.717, 1.165) is 25.1 Å². The van der Waals surface area contributed by atoms with Crippen molar-refractivity contribution in [2.75, 3.05) is 23.9 Å². The third-order valence-corrected chi connectivity index (χ3v) is 3.18. The summed E-state index contributed by atoms with van der Waals surface area (Å²) >= 11 is 7.62. The van der Waals surface area contributed by atoms with Crippen LogP contribution in [-0.2, 0) is 0 Å². The van der Waals surface area contributed by atoms with Crippen LogP contribution < -0.4 is 5.32 Å². The highest BCUT2D eigenvalue weighted by molar-refractivity contribution is 7.98. The molecule has 0 unspecified atom stereocenters. The van der Waals surface area contributed by atoms with Crippen LogP contribution in [-0.4, -0.2) is 23.5 Å². The van der Waals surface area contributed by atoms with Gasteiger partial charge >= 0.3 is 0 Å². The predicted molar refractivity (Wildman–Crippen MR) is 74.2 cm³/mol. The van der Waals surface area contributed by atoms with Crippen molar-refractivity contribution >= 4 is 34.7 Å². The number of nitro groups is 1. The number of anilines is 1. The van der Waals surface area contributed by atoms with Gasteiger partial charge in [-0.25, -0.2) is 0 Å². The number of nitrogens with zero attached hydrogens (tertiary/aromatic N) is 1. The molecule has 0 saturated carbocycles. The van der Waals surface area contributed by atoms with Crippen LogP contribution in [0.2, 0.25) is 5.02 Å². The normalized spacial score (nSPS) is 10.2. The van der Waals surface area contributed by atoms with Gasteiger partial charge in [-0.3, -0.25) is 10.1 Å². The molecule has 94 valence electrons. The molecule has 0 bridgehead atoms. The van der Waals surface area contributed by atoms with Crippen LogP contribution in [0.25, 0.3) is 0 Å². The molecule has 0 aromatic heterocycles. The Morgan fingerprint density at radius 3 is 2.88 bits per heavy atom. The quantitative estimate of drug-likeness (QED) is 0.467. The minimum Gasteiger partial charge on any atom is -0.379 e.